The minimum atomic E-state index is -0.0875. The van der Waals surface area contributed by atoms with Crippen molar-refractivity contribution in [2.75, 3.05) is 14.1 Å². The van der Waals surface area contributed by atoms with E-state index in [2.05, 4.69) is 9.47 Å². The number of carbonyl (C=O) groups is 2. The molecule has 0 aliphatic carbocycles. The molecule has 2 aromatic heterocycles. The zero-order valence-corrected chi connectivity index (χ0v) is 18.9. The van der Waals surface area contributed by atoms with E-state index < -0.39 is 0 Å². The Morgan fingerprint density at radius 3 is 2.48 bits per heavy atom. The van der Waals surface area contributed by atoms with Gasteiger partial charge in [0.15, 0.2) is 0 Å². The van der Waals surface area contributed by atoms with Crippen molar-refractivity contribution in [3.63, 3.8) is 0 Å². The highest BCUT2D eigenvalue weighted by molar-refractivity contribution is 7.13. The summed E-state index contributed by atoms with van der Waals surface area (Å²) in [6.45, 7) is 2.70. The molecule has 2 aliphatic heterocycles. The first kappa shape index (κ1) is 20.0. The molecule has 2 unspecified atom stereocenters. The molecule has 3 aromatic rings. The number of rotatable bonds is 3. The first-order chi connectivity index (χ1) is 14.9. The molecular formula is C24H26N4O2S. The van der Waals surface area contributed by atoms with E-state index >= 15 is 0 Å². The van der Waals surface area contributed by atoms with E-state index in [1.807, 2.05) is 49.4 Å². The van der Waals surface area contributed by atoms with Gasteiger partial charge in [0, 0.05) is 43.5 Å². The van der Waals surface area contributed by atoms with Gasteiger partial charge in [-0.15, -0.1) is 11.3 Å². The van der Waals surface area contributed by atoms with Crippen LogP contribution in [0.15, 0.2) is 42.5 Å². The molecule has 2 bridgehead atoms. The maximum atomic E-state index is 13.4. The largest absolute Gasteiger partial charge is 0.343 e. The summed E-state index contributed by atoms with van der Waals surface area (Å²) >= 11 is 1.55. The first-order valence-corrected chi connectivity index (χ1v) is 11.5. The normalized spacial score (nSPS) is 19.8. The van der Waals surface area contributed by atoms with E-state index in [9.17, 15) is 9.59 Å². The summed E-state index contributed by atoms with van der Waals surface area (Å²) in [4.78, 5) is 36.8. The molecule has 5 rings (SSSR count). The van der Waals surface area contributed by atoms with Gasteiger partial charge in [0.05, 0.1) is 16.6 Å². The highest BCUT2D eigenvalue weighted by atomic mass is 32.1. The predicted molar refractivity (Wildman–Crippen MR) is 121 cm³/mol. The second kappa shape index (κ2) is 7.64. The van der Waals surface area contributed by atoms with Crippen molar-refractivity contribution < 1.29 is 9.59 Å². The SMILES string of the molecule is Cc1ccc(C(=O)N2C3CCC2Cn2c(-c4ccccc4)nc(C(=O)N(C)C)c2C3)s1. The van der Waals surface area contributed by atoms with Gasteiger partial charge in [-0.1, -0.05) is 30.3 Å². The standard InChI is InChI=1S/C24H26N4O2S/c1-15-9-12-20(31-15)23(29)28-17-10-11-18(28)14-27-19(13-17)21(24(30)26(2)3)25-22(27)16-7-5-4-6-8-16/h4-9,12,17-18H,10-11,13-14H2,1-3H3. The van der Waals surface area contributed by atoms with Crippen molar-refractivity contribution in [1.82, 2.24) is 19.4 Å². The van der Waals surface area contributed by atoms with E-state index in [4.69, 9.17) is 4.98 Å². The van der Waals surface area contributed by atoms with Crippen molar-refractivity contribution in [3.8, 4) is 11.4 Å². The third-order valence-corrected chi connectivity index (χ3v) is 7.33. The van der Waals surface area contributed by atoms with Gasteiger partial charge < -0.3 is 14.4 Å². The van der Waals surface area contributed by atoms with Gasteiger partial charge in [-0.05, 0) is 31.9 Å². The Balaban J connectivity index is 1.59. The Kier molecular flexibility index (Phi) is 4.93. The Bertz CT molecular complexity index is 1150. The number of nitrogens with zero attached hydrogens (tertiary/aromatic N) is 4. The van der Waals surface area contributed by atoms with Crippen molar-refractivity contribution in [1.29, 1.82) is 0 Å². The van der Waals surface area contributed by atoms with Gasteiger partial charge in [0.1, 0.15) is 11.5 Å². The van der Waals surface area contributed by atoms with E-state index in [-0.39, 0.29) is 23.9 Å². The number of fused-ring (bicyclic) bond motifs is 3. The van der Waals surface area contributed by atoms with E-state index in [0.717, 1.165) is 39.7 Å². The highest BCUT2D eigenvalue weighted by Crippen LogP contribution is 2.37. The molecule has 0 N–H and O–H groups in total. The van der Waals surface area contributed by atoms with Crippen LogP contribution in [0.25, 0.3) is 11.4 Å². The molecular weight excluding hydrogens is 408 g/mol. The van der Waals surface area contributed by atoms with Crippen LogP contribution in [-0.2, 0) is 13.0 Å². The van der Waals surface area contributed by atoms with Crippen LogP contribution in [0.2, 0.25) is 0 Å². The summed E-state index contributed by atoms with van der Waals surface area (Å²) in [5.74, 6) is 0.842. The van der Waals surface area contributed by atoms with E-state index in [1.165, 1.54) is 0 Å². The fourth-order valence-electron chi connectivity index (χ4n) is 4.86. The molecule has 2 aliphatic rings. The number of hydrogen-bond donors (Lipinski definition) is 0. The third kappa shape index (κ3) is 3.37. The number of imidazole rings is 1. The van der Waals surface area contributed by atoms with Gasteiger partial charge in [-0.2, -0.15) is 0 Å². The zero-order valence-electron chi connectivity index (χ0n) is 18.0. The minimum Gasteiger partial charge on any atom is -0.343 e. The molecule has 6 nitrogen and oxygen atoms in total. The Labute approximate surface area is 186 Å². The lowest BCUT2D eigenvalue weighted by atomic mass is 10.0. The predicted octanol–water partition coefficient (Wildman–Crippen LogP) is 3.85. The van der Waals surface area contributed by atoms with Gasteiger partial charge >= 0.3 is 0 Å². The molecule has 1 fully saturated rings. The molecule has 0 spiro atoms. The molecule has 1 aromatic carbocycles. The summed E-state index contributed by atoms with van der Waals surface area (Å²) < 4.78 is 2.19. The van der Waals surface area contributed by atoms with Crippen LogP contribution in [0.3, 0.4) is 0 Å². The fourth-order valence-corrected chi connectivity index (χ4v) is 5.68. The summed E-state index contributed by atoms with van der Waals surface area (Å²) in [6.07, 6.45) is 2.59. The Hall–Kier alpha value is -2.93. The van der Waals surface area contributed by atoms with Gasteiger partial charge in [0.2, 0.25) is 0 Å². The maximum absolute atomic E-state index is 13.4. The number of benzene rings is 1. The number of aryl methyl sites for hydroxylation is 1. The number of thiophene rings is 1. The lowest BCUT2D eigenvalue weighted by Crippen LogP contribution is -2.41. The second-order valence-electron chi connectivity index (χ2n) is 8.62. The molecule has 160 valence electrons. The van der Waals surface area contributed by atoms with Crippen LogP contribution < -0.4 is 0 Å². The van der Waals surface area contributed by atoms with Crippen LogP contribution in [0, 0.1) is 6.92 Å². The fraction of sp³-hybridized carbons (Fsp3) is 0.375. The summed E-state index contributed by atoms with van der Waals surface area (Å²) in [5.41, 5.74) is 2.45. The maximum Gasteiger partial charge on any atom is 0.273 e. The summed E-state index contributed by atoms with van der Waals surface area (Å²) in [6, 6.07) is 14.2. The van der Waals surface area contributed by atoms with Crippen molar-refractivity contribution >= 4 is 23.2 Å². The molecule has 2 atom stereocenters. The summed E-state index contributed by atoms with van der Waals surface area (Å²) in [7, 11) is 3.52. The number of hydrogen-bond acceptors (Lipinski definition) is 4. The number of aromatic nitrogens is 2. The molecule has 7 heteroatoms. The van der Waals surface area contributed by atoms with Gasteiger partial charge in [-0.25, -0.2) is 4.98 Å². The lowest BCUT2D eigenvalue weighted by molar-refractivity contribution is 0.0671. The van der Waals surface area contributed by atoms with E-state index in [0.29, 0.717) is 18.7 Å². The van der Waals surface area contributed by atoms with Crippen LogP contribution in [0.1, 0.15) is 43.6 Å². The smallest absolute Gasteiger partial charge is 0.273 e. The monoisotopic (exact) mass is 434 g/mol. The molecule has 0 radical (unpaired) electrons. The van der Waals surface area contributed by atoms with Crippen LogP contribution in [0.5, 0.6) is 0 Å². The molecule has 1 saturated heterocycles. The van der Waals surface area contributed by atoms with Gasteiger partial charge in [0.25, 0.3) is 11.8 Å². The Morgan fingerprint density at radius 2 is 1.81 bits per heavy atom. The van der Waals surface area contributed by atoms with Crippen LogP contribution in [0.4, 0.5) is 0 Å². The summed E-state index contributed by atoms with van der Waals surface area (Å²) in [5, 5.41) is 0. The van der Waals surface area contributed by atoms with Crippen molar-refractivity contribution in [2.45, 2.75) is 44.8 Å². The molecule has 0 saturated carbocycles. The van der Waals surface area contributed by atoms with Crippen molar-refractivity contribution in [3.05, 3.63) is 63.6 Å². The minimum absolute atomic E-state index is 0.0875. The van der Waals surface area contributed by atoms with Crippen LogP contribution >= 0.6 is 11.3 Å². The average Bonchev–Trinajstić information content (AvgIpc) is 3.42. The van der Waals surface area contributed by atoms with Gasteiger partial charge in [-0.3, -0.25) is 9.59 Å². The highest BCUT2D eigenvalue weighted by Gasteiger charge is 2.42. The lowest BCUT2D eigenvalue weighted by Gasteiger charge is -2.27. The molecule has 4 heterocycles. The number of carbonyl (C=O) groups excluding carboxylic acids is 2. The van der Waals surface area contributed by atoms with Crippen molar-refractivity contribution in [2.24, 2.45) is 0 Å². The first-order valence-electron chi connectivity index (χ1n) is 10.7. The third-order valence-electron chi connectivity index (χ3n) is 6.34. The Morgan fingerprint density at radius 1 is 1.06 bits per heavy atom. The zero-order chi connectivity index (χ0) is 21.7. The number of amides is 2. The van der Waals surface area contributed by atoms with Crippen LogP contribution in [-0.4, -0.2) is 57.3 Å². The molecule has 31 heavy (non-hydrogen) atoms. The van der Waals surface area contributed by atoms with E-state index in [1.54, 1.807) is 30.3 Å². The molecule has 2 amide bonds. The quantitative estimate of drug-likeness (QED) is 0.629. The second-order valence-corrected chi connectivity index (χ2v) is 9.91. The average molecular weight is 435 g/mol. The topological polar surface area (TPSA) is 58.4 Å².